The quantitative estimate of drug-likeness (QED) is 0.782. The van der Waals surface area contributed by atoms with Gasteiger partial charge in [0.05, 0.1) is 13.5 Å². The molecule has 0 saturated carbocycles. The van der Waals surface area contributed by atoms with E-state index in [9.17, 15) is 9.59 Å². The van der Waals surface area contributed by atoms with Crippen molar-refractivity contribution < 1.29 is 14.3 Å². The minimum Gasteiger partial charge on any atom is -0.469 e. The van der Waals surface area contributed by atoms with Crippen molar-refractivity contribution in [2.75, 3.05) is 7.11 Å². The number of hydrogen-bond acceptors (Lipinski definition) is 3. The first-order valence-electron chi connectivity index (χ1n) is 6.51. The Bertz CT molecular complexity index is 541. The summed E-state index contributed by atoms with van der Waals surface area (Å²) in [5.74, 6) is -0.272. The molecular weight excluding hydrogens is 240 g/mol. The first-order valence-corrected chi connectivity index (χ1v) is 6.51. The number of Topliss-reactive ketones (excluding diaryl/α,β-unsaturated/α-hetero) is 1. The van der Waals surface area contributed by atoms with Gasteiger partial charge in [0.15, 0.2) is 5.78 Å². The van der Waals surface area contributed by atoms with Crippen molar-refractivity contribution in [3.05, 3.63) is 41.0 Å². The van der Waals surface area contributed by atoms with Crippen molar-refractivity contribution in [2.45, 2.75) is 32.6 Å². The standard InChI is InChI=1S/C16H18O3/c1-11-6-3-4-7-12(11)13-8-5-9-15(17)14(13)10-16(18)19-2/h3-4,6-7H,5,8-10H2,1-2H3. The minimum atomic E-state index is -0.351. The van der Waals surface area contributed by atoms with Crippen LogP contribution in [0, 0.1) is 6.92 Å². The normalized spacial score (nSPS) is 15.6. The van der Waals surface area contributed by atoms with Gasteiger partial charge in [0.2, 0.25) is 0 Å². The highest BCUT2D eigenvalue weighted by Crippen LogP contribution is 2.33. The molecule has 0 heterocycles. The number of aryl methyl sites for hydroxylation is 1. The smallest absolute Gasteiger partial charge is 0.310 e. The molecule has 0 aliphatic heterocycles. The Balaban J connectivity index is 2.47. The number of carbonyl (C=O) groups is 2. The molecule has 1 aliphatic rings. The van der Waals surface area contributed by atoms with E-state index in [0.29, 0.717) is 12.0 Å². The maximum atomic E-state index is 12.1. The lowest BCUT2D eigenvalue weighted by atomic mass is 9.83. The fourth-order valence-corrected chi connectivity index (χ4v) is 2.53. The molecule has 0 N–H and O–H groups in total. The number of ketones is 1. The van der Waals surface area contributed by atoms with Gasteiger partial charge in [-0.2, -0.15) is 0 Å². The van der Waals surface area contributed by atoms with Crippen LogP contribution >= 0.6 is 0 Å². The molecule has 3 heteroatoms. The molecule has 1 aliphatic carbocycles. The van der Waals surface area contributed by atoms with E-state index in [4.69, 9.17) is 4.74 Å². The Labute approximate surface area is 113 Å². The van der Waals surface area contributed by atoms with Crippen molar-refractivity contribution in [3.8, 4) is 0 Å². The molecule has 0 bridgehead atoms. The van der Waals surface area contributed by atoms with Crippen molar-refractivity contribution >= 4 is 17.3 Å². The summed E-state index contributed by atoms with van der Waals surface area (Å²) in [4.78, 5) is 23.6. The lowest BCUT2D eigenvalue weighted by Crippen LogP contribution is -2.15. The number of allylic oxidation sites excluding steroid dienone is 1. The van der Waals surface area contributed by atoms with Gasteiger partial charge in [-0.05, 0) is 36.5 Å². The molecule has 2 rings (SSSR count). The summed E-state index contributed by atoms with van der Waals surface area (Å²) in [5.41, 5.74) is 3.86. The lowest BCUT2D eigenvalue weighted by molar-refractivity contribution is -0.140. The minimum absolute atomic E-state index is 0.0786. The summed E-state index contributed by atoms with van der Waals surface area (Å²) in [6.07, 6.45) is 2.32. The van der Waals surface area contributed by atoms with E-state index in [1.807, 2.05) is 31.2 Å². The highest BCUT2D eigenvalue weighted by molar-refractivity contribution is 6.07. The fourth-order valence-electron chi connectivity index (χ4n) is 2.53. The molecule has 3 nitrogen and oxygen atoms in total. The van der Waals surface area contributed by atoms with Gasteiger partial charge in [-0.1, -0.05) is 24.3 Å². The zero-order chi connectivity index (χ0) is 13.8. The Kier molecular flexibility index (Phi) is 4.15. The second kappa shape index (κ2) is 5.83. The average Bonchev–Trinajstić information content (AvgIpc) is 2.41. The van der Waals surface area contributed by atoms with Gasteiger partial charge >= 0.3 is 5.97 Å². The summed E-state index contributed by atoms with van der Waals surface area (Å²) in [5, 5.41) is 0. The number of rotatable bonds is 3. The highest BCUT2D eigenvalue weighted by Gasteiger charge is 2.24. The molecule has 0 saturated heterocycles. The van der Waals surface area contributed by atoms with Crippen LogP contribution < -0.4 is 0 Å². The van der Waals surface area contributed by atoms with Crippen LogP contribution in [0.1, 0.15) is 36.8 Å². The number of hydrogen-bond donors (Lipinski definition) is 0. The summed E-state index contributed by atoms with van der Waals surface area (Å²) in [6, 6.07) is 7.98. The van der Waals surface area contributed by atoms with E-state index in [2.05, 4.69) is 0 Å². The van der Waals surface area contributed by atoms with E-state index in [0.717, 1.165) is 29.5 Å². The predicted molar refractivity (Wildman–Crippen MR) is 73.6 cm³/mol. The van der Waals surface area contributed by atoms with Crippen molar-refractivity contribution in [1.29, 1.82) is 0 Å². The van der Waals surface area contributed by atoms with Crippen molar-refractivity contribution in [3.63, 3.8) is 0 Å². The lowest BCUT2D eigenvalue weighted by Gasteiger charge is -2.20. The molecule has 0 radical (unpaired) electrons. The maximum Gasteiger partial charge on any atom is 0.310 e. The Morgan fingerprint density at radius 1 is 1.26 bits per heavy atom. The van der Waals surface area contributed by atoms with Gasteiger partial charge in [0.25, 0.3) is 0 Å². The molecule has 0 spiro atoms. The SMILES string of the molecule is COC(=O)CC1=C(c2ccccc2C)CCCC1=O. The second-order valence-electron chi connectivity index (χ2n) is 4.80. The molecule has 1 aromatic carbocycles. The van der Waals surface area contributed by atoms with E-state index in [-0.39, 0.29) is 18.2 Å². The average molecular weight is 258 g/mol. The molecule has 0 amide bonds. The van der Waals surface area contributed by atoms with Gasteiger partial charge in [0.1, 0.15) is 0 Å². The van der Waals surface area contributed by atoms with Gasteiger partial charge < -0.3 is 4.74 Å². The van der Waals surface area contributed by atoms with Crippen molar-refractivity contribution in [1.82, 2.24) is 0 Å². The van der Waals surface area contributed by atoms with Crippen molar-refractivity contribution in [2.24, 2.45) is 0 Å². The fraction of sp³-hybridized carbons (Fsp3) is 0.375. The second-order valence-corrected chi connectivity index (χ2v) is 4.80. The van der Waals surface area contributed by atoms with Crippen LogP contribution in [0.3, 0.4) is 0 Å². The number of ether oxygens (including phenoxy) is 1. The Morgan fingerprint density at radius 3 is 2.68 bits per heavy atom. The molecule has 0 atom stereocenters. The maximum absolute atomic E-state index is 12.1. The predicted octanol–water partition coefficient (Wildman–Crippen LogP) is 3.06. The summed E-state index contributed by atoms with van der Waals surface area (Å²) in [6.45, 7) is 2.02. The van der Waals surface area contributed by atoms with E-state index < -0.39 is 0 Å². The van der Waals surface area contributed by atoms with Gasteiger partial charge in [-0.3, -0.25) is 9.59 Å². The third kappa shape index (κ3) is 2.92. The first-order chi connectivity index (χ1) is 9.13. The zero-order valence-electron chi connectivity index (χ0n) is 11.4. The van der Waals surface area contributed by atoms with Crippen LogP contribution in [0.25, 0.3) is 5.57 Å². The monoisotopic (exact) mass is 258 g/mol. The Morgan fingerprint density at radius 2 is 2.00 bits per heavy atom. The van der Waals surface area contributed by atoms with Gasteiger partial charge in [-0.25, -0.2) is 0 Å². The number of methoxy groups -OCH3 is 1. The molecule has 0 aromatic heterocycles. The molecule has 0 unspecified atom stereocenters. The van der Waals surface area contributed by atoms with E-state index in [1.165, 1.54) is 7.11 Å². The zero-order valence-corrected chi connectivity index (χ0v) is 11.4. The van der Waals surface area contributed by atoms with Crippen LogP contribution in [-0.2, 0) is 14.3 Å². The molecule has 100 valence electrons. The summed E-state index contributed by atoms with van der Waals surface area (Å²) < 4.78 is 4.69. The highest BCUT2D eigenvalue weighted by atomic mass is 16.5. The number of esters is 1. The topological polar surface area (TPSA) is 43.4 Å². The number of carbonyl (C=O) groups excluding carboxylic acids is 2. The van der Waals surface area contributed by atoms with Crippen LogP contribution in [0.2, 0.25) is 0 Å². The van der Waals surface area contributed by atoms with Crippen LogP contribution in [0.4, 0.5) is 0 Å². The van der Waals surface area contributed by atoms with Crippen LogP contribution in [0.5, 0.6) is 0 Å². The first kappa shape index (κ1) is 13.5. The van der Waals surface area contributed by atoms with E-state index in [1.54, 1.807) is 0 Å². The summed E-state index contributed by atoms with van der Waals surface area (Å²) in [7, 11) is 1.35. The van der Waals surface area contributed by atoms with Crippen LogP contribution in [-0.4, -0.2) is 18.9 Å². The van der Waals surface area contributed by atoms with Crippen LogP contribution in [0.15, 0.2) is 29.8 Å². The molecule has 1 aromatic rings. The Hall–Kier alpha value is -1.90. The molecular formula is C16H18O3. The van der Waals surface area contributed by atoms with Gasteiger partial charge in [-0.15, -0.1) is 0 Å². The third-order valence-corrected chi connectivity index (χ3v) is 3.55. The number of benzene rings is 1. The largest absolute Gasteiger partial charge is 0.469 e. The summed E-state index contributed by atoms with van der Waals surface area (Å²) >= 11 is 0. The van der Waals surface area contributed by atoms with Gasteiger partial charge in [0, 0.05) is 12.0 Å². The third-order valence-electron chi connectivity index (χ3n) is 3.55. The molecule has 19 heavy (non-hydrogen) atoms. The molecule has 0 fully saturated rings. The van der Waals surface area contributed by atoms with E-state index >= 15 is 0 Å².